The van der Waals surface area contributed by atoms with Gasteiger partial charge in [0.1, 0.15) is 12.2 Å². The summed E-state index contributed by atoms with van der Waals surface area (Å²) in [6, 6.07) is 26.0. The smallest absolute Gasteiger partial charge is 0.332 e. The summed E-state index contributed by atoms with van der Waals surface area (Å²) in [6.45, 7) is 3.17. The molecule has 8 nitrogen and oxygen atoms in total. The Kier molecular flexibility index (Phi) is 6.92. The third kappa shape index (κ3) is 4.93. The van der Waals surface area contributed by atoms with Gasteiger partial charge in [0.25, 0.3) is 5.91 Å². The summed E-state index contributed by atoms with van der Waals surface area (Å²) in [7, 11) is 1.66. The molecule has 8 heteroatoms. The molecule has 0 aliphatic carbocycles. The van der Waals surface area contributed by atoms with Crippen LogP contribution in [0.15, 0.2) is 84.9 Å². The van der Waals surface area contributed by atoms with Gasteiger partial charge >= 0.3 is 6.03 Å². The van der Waals surface area contributed by atoms with E-state index in [1.807, 2.05) is 96.8 Å². The Morgan fingerprint density at radius 3 is 2.30 bits per heavy atom. The Balaban J connectivity index is 1.42. The lowest BCUT2D eigenvalue weighted by atomic mass is 9.99. The molecule has 2 heterocycles. The first kappa shape index (κ1) is 24.5. The minimum atomic E-state index is -0.748. The Labute approximate surface area is 217 Å². The average molecular weight is 498 g/mol. The van der Waals surface area contributed by atoms with E-state index in [1.54, 1.807) is 17.0 Å². The number of benzene rings is 3. The molecule has 0 radical (unpaired) electrons. The predicted molar refractivity (Wildman–Crippen MR) is 140 cm³/mol. The highest BCUT2D eigenvalue weighted by molar-refractivity contribution is 5.92. The molecule has 4 amide bonds. The largest absolute Gasteiger partial charge is 0.333 e. The molecule has 0 saturated carbocycles. The standard InChI is InChI=1S/C29H31N5O3/c1-21-11-9-10-16-24(21)18-32-19-25-33(31(2)29(37)30-17-22-12-5-3-6-13-22)20-26(35)34(25)27(28(32)36)23-14-7-4-8-15-23/h3-16,25,27H,17-20H2,1-2H3,(H,30,37)/t25-,27+/m1/s1. The molecule has 1 N–H and O–H groups in total. The molecule has 0 spiro atoms. The summed E-state index contributed by atoms with van der Waals surface area (Å²) in [4.78, 5) is 43.7. The van der Waals surface area contributed by atoms with E-state index in [0.29, 0.717) is 19.6 Å². The molecule has 3 aromatic carbocycles. The van der Waals surface area contributed by atoms with Crippen molar-refractivity contribution in [3.05, 3.63) is 107 Å². The Morgan fingerprint density at radius 1 is 0.946 bits per heavy atom. The van der Waals surface area contributed by atoms with E-state index in [4.69, 9.17) is 0 Å². The number of fused-ring (bicyclic) bond motifs is 1. The number of aryl methyl sites for hydroxylation is 1. The van der Waals surface area contributed by atoms with Crippen molar-refractivity contribution in [2.24, 2.45) is 0 Å². The summed E-state index contributed by atoms with van der Waals surface area (Å²) >= 11 is 0. The fourth-order valence-electron chi connectivity index (χ4n) is 5.10. The molecule has 190 valence electrons. The third-order valence-electron chi connectivity index (χ3n) is 7.16. The van der Waals surface area contributed by atoms with Gasteiger partial charge in [-0.25, -0.2) is 4.79 Å². The molecule has 2 fully saturated rings. The maximum Gasteiger partial charge on any atom is 0.332 e. The van der Waals surface area contributed by atoms with Crippen LogP contribution in [-0.4, -0.2) is 64.0 Å². The van der Waals surface area contributed by atoms with Crippen LogP contribution in [0, 0.1) is 6.92 Å². The average Bonchev–Trinajstić information content (AvgIpc) is 3.25. The molecule has 37 heavy (non-hydrogen) atoms. The minimum Gasteiger partial charge on any atom is -0.333 e. The van der Waals surface area contributed by atoms with Crippen molar-refractivity contribution in [3.63, 3.8) is 0 Å². The molecule has 0 aromatic heterocycles. The monoisotopic (exact) mass is 497 g/mol. The van der Waals surface area contributed by atoms with Crippen molar-refractivity contribution in [2.45, 2.75) is 32.2 Å². The highest BCUT2D eigenvalue weighted by Gasteiger charge is 2.52. The van der Waals surface area contributed by atoms with E-state index >= 15 is 0 Å². The highest BCUT2D eigenvalue weighted by Crippen LogP contribution is 2.36. The molecule has 3 aromatic rings. The van der Waals surface area contributed by atoms with Crippen molar-refractivity contribution in [3.8, 4) is 0 Å². The van der Waals surface area contributed by atoms with Gasteiger partial charge < -0.3 is 15.1 Å². The number of carbonyl (C=O) groups excluding carboxylic acids is 3. The van der Waals surface area contributed by atoms with Crippen LogP contribution in [0.3, 0.4) is 0 Å². The van der Waals surface area contributed by atoms with Crippen molar-refractivity contribution >= 4 is 17.8 Å². The number of hydrogen-bond donors (Lipinski definition) is 1. The number of amides is 4. The lowest BCUT2D eigenvalue weighted by molar-refractivity contribution is -0.157. The van der Waals surface area contributed by atoms with Crippen LogP contribution >= 0.6 is 0 Å². The second-order valence-electron chi connectivity index (χ2n) is 9.51. The van der Waals surface area contributed by atoms with Crippen molar-refractivity contribution in [1.82, 2.24) is 25.1 Å². The first-order valence-corrected chi connectivity index (χ1v) is 12.5. The van der Waals surface area contributed by atoms with Gasteiger partial charge in [0.05, 0.1) is 13.1 Å². The first-order valence-electron chi connectivity index (χ1n) is 12.5. The minimum absolute atomic E-state index is 0.0226. The normalized spacial score (nSPS) is 19.6. The Hall–Kier alpha value is -4.17. The second-order valence-corrected chi connectivity index (χ2v) is 9.51. The zero-order valence-electron chi connectivity index (χ0n) is 21.1. The van der Waals surface area contributed by atoms with Gasteiger partial charge in [0.15, 0.2) is 0 Å². The van der Waals surface area contributed by atoms with Gasteiger partial charge in [-0.15, -0.1) is 0 Å². The number of rotatable bonds is 6. The van der Waals surface area contributed by atoms with Gasteiger partial charge in [-0.2, -0.15) is 5.01 Å². The maximum atomic E-state index is 13.8. The Bertz CT molecular complexity index is 1280. The zero-order valence-corrected chi connectivity index (χ0v) is 21.1. The number of hydrazine groups is 1. The topological polar surface area (TPSA) is 76.2 Å². The van der Waals surface area contributed by atoms with Crippen molar-refractivity contribution in [1.29, 1.82) is 0 Å². The fourth-order valence-corrected chi connectivity index (χ4v) is 5.10. The number of hydrogen-bond acceptors (Lipinski definition) is 4. The van der Waals surface area contributed by atoms with Gasteiger partial charge in [-0.1, -0.05) is 84.9 Å². The summed E-state index contributed by atoms with van der Waals surface area (Å²) in [5.41, 5.74) is 3.91. The number of nitrogens with one attached hydrogen (secondary N) is 1. The summed E-state index contributed by atoms with van der Waals surface area (Å²) in [6.07, 6.45) is -0.466. The van der Waals surface area contributed by atoms with Crippen LogP contribution < -0.4 is 5.32 Å². The number of carbonyl (C=O) groups is 3. The fraction of sp³-hybridized carbons (Fsp3) is 0.276. The van der Waals surface area contributed by atoms with Crippen LogP contribution in [0.4, 0.5) is 4.79 Å². The van der Waals surface area contributed by atoms with E-state index < -0.39 is 12.2 Å². The molecular formula is C29H31N5O3. The van der Waals surface area contributed by atoms with Gasteiger partial charge in [-0.05, 0) is 29.2 Å². The summed E-state index contributed by atoms with van der Waals surface area (Å²) in [5.74, 6) is -0.289. The molecule has 2 atom stereocenters. The van der Waals surface area contributed by atoms with Crippen LogP contribution in [0.1, 0.15) is 28.3 Å². The van der Waals surface area contributed by atoms with E-state index in [0.717, 1.165) is 22.3 Å². The third-order valence-corrected chi connectivity index (χ3v) is 7.16. The zero-order chi connectivity index (χ0) is 25.9. The highest BCUT2D eigenvalue weighted by atomic mass is 16.2. The lowest BCUT2D eigenvalue weighted by Crippen LogP contribution is -2.62. The molecule has 2 saturated heterocycles. The van der Waals surface area contributed by atoms with Gasteiger partial charge in [0, 0.05) is 20.1 Å². The lowest BCUT2D eigenvalue weighted by Gasteiger charge is -2.46. The molecule has 2 aliphatic rings. The van der Waals surface area contributed by atoms with Crippen LogP contribution in [0.2, 0.25) is 0 Å². The van der Waals surface area contributed by atoms with Crippen LogP contribution in [-0.2, 0) is 22.7 Å². The van der Waals surface area contributed by atoms with Crippen molar-refractivity contribution in [2.75, 3.05) is 20.1 Å². The predicted octanol–water partition coefficient (Wildman–Crippen LogP) is 3.31. The number of nitrogens with zero attached hydrogens (tertiary/aromatic N) is 4. The molecule has 2 aliphatic heterocycles. The Morgan fingerprint density at radius 2 is 1.59 bits per heavy atom. The van der Waals surface area contributed by atoms with Crippen LogP contribution in [0.25, 0.3) is 0 Å². The SMILES string of the molecule is Cc1ccccc1CN1C[C@H]2N(C(=O)CN2N(C)C(=O)NCc2ccccc2)[C@@H](c2ccccc2)C1=O. The van der Waals surface area contributed by atoms with Gasteiger partial charge in [-0.3, -0.25) is 14.6 Å². The summed E-state index contributed by atoms with van der Waals surface area (Å²) in [5, 5.41) is 6.16. The molecule has 0 unspecified atom stereocenters. The first-order chi connectivity index (χ1) is 17.9. The molecule has 0 bridgehead atoms. The maximum absolute atomic E-state index is 13.8. The number of urea groups is 1. The van der Waals surface area contributed by atoms with Gasteiger partial charge in [0.2, 0.25) is 5.91 Å². The second kappa shape index (κ2) is 10.4. The van der Waals surface area contributed by atoms with E-state index in [9.17, 15) is 14.4 Å². The molecular weight excluding hydrogens is 466 g/mol. The van der Waals surface area contributed by atoms with E-state index in [1.165, 1.54) is 5.01 Å². The molecule has 5 rings (SSSR count). The van der Waals surface area contributed by atoms with Crippen molar-refractivity contribution < 1.29 is 14.4 Å². The summed E-state index contributed by atoms with van der Waals surface area (Å²) < 4.78 is 0. The van der Waals surface area contributed by atoms with E-state index in [2.05, 4.69) is 5.32 Å². The quantitative estimate of drug-likeness (QED) is 0.567. The number of piperazine rings is 1. The van der Waals surface area contributed by atoms with Crippen LogP contribution in [0.5, 0.6) is 0 Å². The van der Waals surface area contributed by atoms with E-state index in [-0.39, 0.29) is 24.4 Å².